The average molecular weight is 374 g/mol. The van der Waals surface area contributed by atoms with Gasteiger partial charge in [-0.05, 0) is 23.8 Å². The number of halogens is 2. The molecule has 1 aliphatic heterocycles. The standard InChI is InChI=1S/C19H13Cl2NO3/c1-22-14-8-3-2-5-11(14)18-16(19(22)24)12(9-15(23)25-18)10-6-4-7-13(20)17(10)21/h2-8,12H,9H2,1H3. The van der Waals surface area contributed by atoms with Crippen molar-refractivity contribution in [1.29, 1.82) is 0 Å². The van der Waals surface area contributed by atoms with Gasteiger partial charge in [-0.25, -0.2) is 0 Å². The molecular formula is C19H13Cl2NO3. The summed E-state index contributed by atoms with van der Waals surface area (Å²) in [5, 5.41) is 1.46. The summed E-state index contributed by atoms with van der Waals surface area (Å²) in [6.45, 7) is 0. The molecule has 0 fully saturated rings. The minimum atomic E-state index is -0.495. The Morgan fingerprint density at radius 3 is 2.64 bits per heavy atom. The Labute approximate surface area is 153 Å². The van der Waals surface area contributed by atoms with Crippen molar-refractivity contribution in [1.82, 2.24) is 4.57 Å². The molecule has 2 heterocycles. The second-order valence-electron chi connectivity index (χ2n) is 6.00. The number of benzene rings is 2. The van der Waals surface area contributed by atoms with Crippen molar-refractivity contribution >= 4 is 40.1 Å². The van der Waals surface area contributed by atoms with Gasteiger partial charge in [-0.3, -0.25) is 9.59 Å². The van der Waals surface area contributed by atoms with E-state index in [1.807, 2.05) is 24.3 Å². The summed E-state index contributed by atoms with van der Waals surface area (Å²) < 4.78 is 7.04. The number of ether oxygens (including phenoxy) is 1. The van der Waals surface area contributed by atoms with E-state index in [-0.39, 0.29) is 12.0 Å². The van der Waals surface area contributed by atoms with Crippen LogP contribution in [-0.2, 0) is 11.8 Å². The zero-order chi connectivity index (χ0) is 17.7. The fourth-order valence-electron chi connectivity index (χ4n) is 3.39. The molecule has 2 aromatic carbocycles. The fourth-order valence-corrected chi connectivity index (χ4v) is 3.83. The summed E-state index contributed by atoms with van der Waals surface area (Å²) in [6.07, 6.45) is 0.0423. The van der Waals surface area contributed by atoms with Crippen molar-refractivity contribution in [3.05, 3.63) is 74.0 Å². The van der Waals surface area contributed by atoms with E-state index >= 15 is 0 Å². The van der Waals surface area contributed by atoms with Gasteiger partial charge in [0.2, 0.25) is 0 Å². The number of carbonyl (C=O) groups excluding carboxylic acids is 1. The van der Waals surface area contributed by atoms with E-state index < -0.39 is 11.9 Å². The third-order valence-corrected chi connectivity index (χ3v) is 5.42. The van der Waals surface area contributed by atoms with Gasteiger partial charge in [0.25, 0.3) is 5.56 Å². The van der Waals surface area contributed by atoms with Gasteiger partial charge in [0.15, 0.2) is 0 Å². The summed E-state index contributed by atoms with van der Waals surface area (Å²) in [5.74, 6) is -0.575. The molecule has 126 valence electrons. The maximum Gasteiger partial charge on any atom is 0.312 e. The first-order chi connectivity index (χ1) is 12.0. The Hall–Kier alpha value is -2.30. The molecule has 0 amide bonds. The number of nitrogens with zero attached hydrogens (tertiary/aromatic N) is 1. The number of aryl methyl sites for hydroxylation is 1. The maximum atomic E-state index is 13.0. The molecule has 3 aromatic rings. The lowest BCUT2D eigenvalue weighted by atomic mass is 9.86. The number of esters is 1. The SMILES string of the molecule is Cn1c(=O)c2c(c3ccccc31)OC(=O)CC2c1cccc(Cl)c1Cl. The minimum Gasteiger partial charge on any atom is -0.425 e. The van der Waals surface area contributed by atoms with Crippen molar-refractivity contribution < 1.29 is 9.53 Å². The van der Waals surface area contributed by atoms with Crippen molar-refractivity contribution in [3.63, 3.8) is 0 Å². The van der Waals surface area contributed by atoms with Crippen LogP contribution >= 0.6 is 23.2 Å². The molecule has 0 N–H and O–H groups in total. The number of aromatic nitrogens is 1. The van der Waals surface area contributed by atoms with Crippen molar-refractivity contribution in [2.45, 2.75) is 12.3 Å². The van der Waals surface area contributed by atoms with E-state index in [1.165, 1.54) is 0 Å². The Kier molecular flexibility index (Phi) is 3.82. The predicted octanol–water partition coefficient (Wildman–Crippen LogP) is 4.29. The molecule has 1 unspecified atom stereocenters. The highest BCUT2D eigenvalue weighted by Crippen LogP contribution is 2.43. The zero-order valence-corrected chi connectivity index (χ0v) is 14.8. The van der Waals surface area contributed by atoms with E-state index in [4.69, 9.17) is 27.9 Å². The van der Waals surface area contributed by atoms with Gasteiger partial charge in [0.05, 0.1) is 27.5 Å². The lowest BCUT2D eigenvalue weighted by Gasteiger charge is -2.27. The normalized spacial score (nSPS) is 16.6. The highest BCUT2D eigenvalue weighted by Gasteiger charge is 2.34. The molecule has 1 atom stereocenters. The number of carbonyl (C=O) groups is 1. The minimum absolute atomic E-state index is 0.0423. The third-order valence-electron chi connectivity index (χ3n) is 4.58. The van der Waals surface area contributed by atoms with Gasteiger partial charge >= 0.3 is 5.97 Å². The van der Waals surface area contributed by atoms with E-state index in [0.29, 0.717) is 32.4 Å². The van der Waals surface area contributed by atoms with Crippen LogP contribution in [0.4, 0.5) is 0 Å². The Morgan fingerprint density at radius 2 is 1.84 bits per heavy atom. The topological polar surface area (TPSA) is 48.3 Å². The molecule has 1 aromatic heterocycles. The van der Waals surface area contributed by atoms with E-state index in [1.54, 1.807) is 29.8 Å². The quantitative estimate of drug-likeness (QED) is 0.597. The second-order valence-corrected chi connectivity index (χ2v) is 6.78. The number of para-hydroxylation sites is 1. The summed E-state index contributed by atoms with van der Waals surface area (Å²) in [6, 6.07) is 12.6. The van der Waals surface area contributed by atoms with Crippen LogP contribution in [-0.4, -0.2) is 10.5 Å². The average Bonchev–Trinajstić information content (AvgIpc) is 2.61. The van der Waals surface area contributed by atoms with E-state index in [9.17, 15) is 9.59 Å². The van der Waals surface area contributed by atoms with Crippen LogP contribution in [0.1, 0.15) is 23.5 Å². The second kappa shape index (κ2) is 5.90. The van der Waals surface area contributed by atoms with Crippen molar-refractivity contribution in [2.75, 3.05) is 0 Å². The van der Waals surface area contributed by atoms with E-state index in [0.717, 1.165) is 5.39 Å². The molecule has 0 aliphatic carbocycles. The molecule has 0 radical (unpaired) electrons. The molecule has 6 heteroatoms. The zero-order valence-electron chi connectivity index (χ0n) is 13.3. The number of pyridine rings is 1. The smallest absolute Gasteiger partial charge is 0.312 e. The van der Waals surface area contributed by atoms with Crippen LogP contribution < -0.4 is 10.3 Å². The Bertz CT molecular complexity index is 1090. The monoisotopic (exact) mass is 373 g/mol. The third kappa shape index (κ3) is 2.44. The van der Waals surface area contributed by atoms with Gasteiger partial charge in [-0.1, -0.05) is 47.5 Å². The molecule has 0 saturated carbocycles. The number of hydrogen-bond acceptors (Lipinski definition) is 3. The van der Waals surface area contributed by atoms with Crippen LogP contribution in [0.15, 0.2) is 47.3 Å². The van der Waals surface area contributed by atoms with Crippen molar-refractivity contribution in [3.8, 4) is 5.75 Å². The van der Waals surface area contributed by atoms with Gasteiger partial charge < -0.3 is 9.30 Å². The molecule has 4 rings (SSSR count). The number of rotatable bonds is 1. The van der Waals surface area contributed by atoms with E-state index in [2.05, 4.69) is 0 Å². The number of fused-ring (bicyclic) bond motifs is 3. The summed E-state index contributed by atoms with van der Waals surface area (Å²) in [4.78, 5) is 25.2. The van der Waals surface area contributed by atoms with Gasteiger partial charge in [0.1, 0.15) is 5.75 Å². The maximum absolute atomic E-state index is 13.0. The molecule has 1 aliphatic rings. The largest absolute Gasteiger partial charge is 0.425 e. The van der Waals surface area contributed by atoms with Gasteiger partial charge in [-0.15, -0.1) is 0 Å². The molecule has 0 spiro atoms. The van der Waals surface area contributed by atoms with Crippen LogP contribution in [0.25, 0.3) is 10.9 Å². The first-order valence-electron chi connectivity index (χ1n) is 7.75. The molecule has 0 bridgehead atoms. The molecule has 4 nitrogen and oxygen atoms in total. The van der Waals surface area contributed by atoms with Crippen LogP contribution in [0, 0.1) is 0 Å². The Balaban J connectivity index is 2.09. The lowest BCUT2D eigenvalue weighted by molar-refractivity contribution is -0.135. The highest BCUT2D eigenvalue weighted by atomic mass is 35.5. The van der Waals surface area contributed by atoms with Crippen molar-refractivity contribution in [2.24, 2.45) is 7.05 Å². The summed E-state index contributed by atoms with van der Waals surface area (Å²) in [7, 11) is 1.71. The summed E-state index contributed by atoms with van der Waals surface area (Å²) >= 11 is 12.5. The molecule has 0 saturated heterocycles. The van der Waals surface area contributed by atoms with Gasteiger partial charge in [-0.2, -0.15) is 0 Å². The lowest BCUT2D eigenvalue weighted by Crippen LogP contribution is -2.31. The highest BCUT2D eigenvalue weighted by molar-refractivity contribution is 6.42. The molecule has 25 heavy (non-hydrogen) atoms. The predicted molar refractivity (Wildman–Crippen MR) is 97.7 cm³/mol. The van der Waals surface area contributed by atoms with Gasteiger partial charge in [0, 0.05) is 18.4 Å². The fraction of sp³-hybridized carbons (Fsp3) is 0.158. The van der Waals surface area contributed by atoms with Crippen LogP contribution in [0.3, 0.4) is 0 Å². The first-order valence-corrected chi connectivity index (χ1v) is 8.51. The summed E-state index contributed by atoms with van der Waals surface area (Å²) in [5.41, 5.74) is 1.59. The first kappa shape index (κ1) is 16.2. The Morgan fingerprint density at radius 1 is 1.08 bits per heavy atom. The molecular weight excluding hydrogens is 361 g/mol. The number of hydrogen-bond donors (Lipinski definition) is 0. The van der Waals surface area contributed by atoms with Crippen LogP contribution in [0.5, 0.6) is 5.75 Å². The van der Waals surface area contributed by atoms with Crippen LogP contribution in [0.2, 0.25) is 10.0 Å².